The summed E-state index contributed by atoms with van der Waals surface area (Å²) in [5, 5.41) is 9.54. The Hall–Kier alpha value is -2.15. The summed E-state index contributed by atoms with van der Waals surface area (Å²) in [4.78, 5) is 19.0. The zero-order valence-electron chi connectivity index (χ0n) is 11.2. The molecule has 1 aliphatic rings. The van der Waals surface area contributed by atoms with Gasteiger partial charge in [-0.15, -0.1) is 0 Å². The minimum atomic E-state index is -0.0736. The first kappa shape index (κ1) is 12.9. The summed E-state index contributed by atoms with van der Waals surface area (Å²) in [6.07, 6.45) is 6.75. The SMILES string of the molecule is Cc1c[nH]cc1C(=O)NC[C@H]1CC[C@@H](c2ncn[nH]2)O1. The second-order valence-corrected chi connectivity index (χ2v) is 4.96. The lowest BCUT2D eigenvalue weighted by atomic mass is 10.2. The molecule has 3 rings (SSSR count). The molecule has 7 nitrogen and oxygen atoms in total. The van der Waals surface area contributed by atoms with Gasteiger partial charge in [-0.1, -0.05) is 0 Å². The van der Waals surface area contributed by atoms with E-state index in [-0.39, 0.29) is 18.1 Å². The van der Waals surface area contributed by atoms with Gasteiger partial charge in [0.2, 0.25) is 0 Å². The molecule has 0 radical (unpaired) electrons. The molecule has 2 aromatic heterocycles. The average Bonchev–Trinajstić information content (AvgIpc) is 3.16. The first-order valence-corrected chi connectivity index (χ1v) is 6.66. The Kier molecular flexibility index (Phi) is 3.51. The van der Waals surface area contributed by atoms with Gasteiger partial charge in [-0.05, 0) is 25.3 Å². The normalized spacial score (nSPS) is 22.1. The maximum atomic E-state index is 12.0. The molecule has 1 fully saturated rings. The lowest BCUT2D eigenvalue weighted by Gasteiger charge is -2.13. The molecule has 0 aliphatic carbocycles. The van der Waals surface area contributed by atoms with Crippen LogP contribution in [0.25, 0.3) is 0 Å². The van der Waals surface area contributed by atoms with E-state index < -0.39 is 0 Å². The van der Waals surface area contributed by atoms with Gasteiger partial charge in [0.25, 0.3) is 5.91 Å². The molecule has 0 unspecified atom stereocenters. The third-order valence-corrected chi connectivity index (χ3v) is 3.53. The summed E-state index contributed by atoms with van der Waals surface area (Å²) in [6, 6.07) is 0. The third kappa shape index (κ3) is 2.57. The highest BCUT2D eigenvalue weighted by Gasteiger charge is 2.28. The molecule has 0 bridgehead atoms. The van der Waals surface area contributed by atoms with Crippen molar-refractivity contribution in [3.8, 4) is 0 Å². The number of hydrogen-bond donors (Lipinski definition) is 3. The van der Waals surface area contributed by atoms with Gasteiger partial charge in [0.1, 0.15) is 12.4 Å². The van der Waals surface area contributed by atoms with Crippen LogP contribution in [0.4, 0.5) is 0 Å². The Morgan fingerprint density at radius 2 is 2.40 bits per heavy atom. The van der Waals surface area contributed by atoms with Crippen LogP contribution < -0.4 is 5.32 Å². The molecule has 0 aromatic carbocycles. The highest BCUT2D eigenvalue weighted by molar-refractivity contribution is 5.95. The van der Waals surface area contributed by atoms with Crippen LogP contribution in [0.5, 0.6) is 0 Å². The van der Waals surface area contributed by atoms with E-state index in [1.807, 2.05) is 6.92 Å². The minimum Gasteiger partial charge on any atom is -0.367 e. The van der Waals surface area contributed by atoms with Crippen LogP contribution in [0.2, 0.25) is 0 Å². The number of aromatic amines is 2. The molecule has 3 N–H and O–H groups in total. The summed E-state index contributed by atoms with van der Waals surface area (Å²) >= 11 is 0. The number of nitrogens with zero attached hydrogens (tertiary/aromatic N) is 2. The molecule has 20 heavy (non-hydrogen) atoms. The Balaban J connectivity index is 1.51. The first-order chi connectivity index (χ1) is 9.74. The number of aromatic nitrogens is 4. The molecule has 106 valence electrons. The molecule has 0 spiro atoms. The number of carbonyl (C=O) groups is 1. The van der Waals surface area contributed by atoms with Crippen LogP contribution >= 0.6 is 0 Å². The standard InChI is InChI=1S/C13H17N5O2/c1-8-4-14-6-10(8)13(19)15-5-9-2-3-11(20-9)12-16-7-17-18-12/h4,6-7,9,11,14H,2-3,5H2,1H3,(H,15,19)(H,16,17,18)/t9-,11+/m1/s1. The van der Waals surface area contributed by atoms with Crippen molar-refractivity contribution in [1.82, 2.24) is 25.5 Å². The Labute approximate surface area is 116 Å². The highest BCUT2D eigenvalue weighted by atomic mass is 16.5. The molecule has 2 aromatic rings. The van der Waals surface area contributed by atoms with E-state index in [1.54, 1.807) is 12.4 Å². The minimum absolute atomic E-state index is 0.0216. The van der Waals surface area contributed by atoms with Crippen molar-refractivity contribution in [3.63, 3.8) is 0 Å². The number of hydrogen-bond acceptors (Lipinski definition) is 4. The predicted molar refractivity (Wildman–Crippen MR) is 71.1 cm³/mol. The molecule has 0 saturated carbocycles. The van der Waals surface area contributed by atoms with Gasteiger partial charge < -0.3 is 15.0 Å². The number of aryl methyl sites for hydroxylation is 1. The van der Waals surface area contributed by atoms with E-state index in [9.17, 15) is 4.79 Å². The van der Waals surface area contributed by atoms with E-state index >= 15 is 0 Å². The zero-order valence-corrected chi connectivity index (χ0v) is 11.2. The number of nitrogens with one attached hydrogen (secondary N) is 3. The molecular formula is C13H17N5O2. The lowest BCUT2D eigenvalue weighted by molar-refractivity contribution is 0.0392. The largest absolute Gasteiger partial charge is 0.367 e. The second-order valence-electron chi connectivity index (χ2n) is 4.96. The van der Waals surface area contributed by atoms with Crippen molar-refractivity contribution in [2.45, 2.75) is 32.0 Å². The molecule has 7 heteroatoms. The van der Waals surface area contributed by atoms with Crippen molar-refractivity contribution >= 4 is 5.91 Å². The fourth-order valence-electron chi connectivity index (χ4n) is 2.42. The van der Waals surface area contributed by atoms with E-state index in [4.69, 9.17) is 4.74 Å². The Morgan fingerprint density at radius 1 is 1.50 bits per heavy atom. The van der Waals surface area contributed by atoms with Crippen molar-refractivity contribution < 1.29 is 9.53 Å². The number of amides is 1. The Bertz CT molecular complexity index is 577. The molecule has 2 atom stereocenters. The first-order valence-electron chi connectivity index (χ1n) is 6.66. The second kappa shape index (κ2) is 5.46. The molecular weight excluding hydrogens is 258 g/mol. The van der Waals surface area contributed by atoms with Gasteiger partial charge in [0.15, 0.2) is 5.82 Å². The van der Waals surface area contributed by atoms with Crippen molar-refractivity contribution in [1.29, 1.82) is 0 Å². The third-order valence-electron chi connectivity index (χ3n) is 3.53. The number of ether oxygens (including phenoxy) is 1. The van der Waals surface area contributed by atoms with Gasteiger partial charge >= 0.3 is 0 Å². The fourth-order valence-corrected chi connectivity index (χ4v) is 2.42. The van der Waals surface area contributed by atoms with Gasteiger partial charge in [0.05, 0.1) is 11.7 Å². The molecule has 3 heterocycles. The van der Waals surface area contributed by atoms with Crippen LogP contribution in [0.3, 0.4) is 0 Å². The van der Waals surface area contributed by atoms with Gasteiger partial charge in [-0.2, -0.15) is 5.10 Å². The van der Waals surface area contributed by atoms with E-state index in [2.05, 4.69) is 25.5 Å². The smallest absolute Gasteiger partial charge is 0.253 e. The van der Waals surface area contributed by atoms with Crippen LogP contribution in [0.15, 0.2) is 18.7 Å². The van der Waals surface area contributed by atoms with Crippen LogP contribution in [-0.4, -0.2) is 38.7 Å². The fraction of sp³-hybridized carbons (Fsp3) is 0.462. The van der Waals surface area contributed by atoms with Gasteiger partial charge in [0, 0.05) is 18.9 Å². The van der Waals surface area contributed by atoms with E-state index in [0.29, 0.717) is 12.1 Å². The summed E-state index contributed by atoms with van der Waals surface area (Å²) in [7, 11) is 0. The van der Waals surface area contributed by atoms with Crippen LogP contribution in [0, 0.1) is 6.92 Å². The molecule has 1 amide bonds. The summed E-state index contributed by atoms with van der Waals surface area (Å²) < 4.78 is 5.85. The lowest BCUT2D eigenvalue weighted by Crippen LogP contribution is -2.32. The number of rotatable bonds is 4. The molecule has 1 saturated heterocycles. The monoisotopic (exact) mass is 275 g/mol. The quantitative estimate of drug-likeness (QED) is 0.778. The van der Waals surface area contributed by atoms with Crippen LogP contribution in [0.1, 0.15) is 40.7 Å². The zero-order chi connectivity index (χ0) is 13.9. The van der Waals surface area contributed by atoms with Crippen molar-refractivity contribution in [2.24, 2.45) is 0 Å². The summed E-state index contributed by atoms with van der Waals surface area (Å²) in [5.41, 5.74) is 1.61. The highest BCUT2D eigenvalue weighted by Crippen LogP contribution is 2.29. The van der Waals surface area contributed by atoms with Crippen LogP contribution in [-0.2, 0) is 4.74 Å². The Morgan fingerprint density at radius 3 is 3.10 bits per heavy atom. The maximum Gasteiger partial charge on any atom is 0.253 e. The maximum absolute atomic E-state index is 12.0. The van der Waals surface area contributed by atoms with Gasteiger partial charge in [-0.25, -0.2) is 4.98 Å². The molecule has 1 aliphatic heterocycles. The topological polar surface area (TPSA) is 95.7 Å². The number of carbonyl (C=O) groups excluding carboxylic acids is 1. The predicted octanol–water partition coefficient (Wildman–Crippen LogP) is 1.09. The van der Waals surface area contributed by atoms with Crippen molar-refractivity contribution in [3.05, 3.63) is 35.7 Å². The number of H-pyrrole nitrogens is 2. The summed E-state index contributed by atoms with van der Waals surface area (Å²) in [6.45, 7) is 2.41. The van der Waals surface area contributed by atoms with E-state index in [1.165, 1.54) is 6.33 Å². The van der Waals surface area contributed by atoms with E-state index in [0.717, 1.165) is 24.2 Å². The summed E-state index contributed by atoms with van der Waals surface area (Å²) in [5.74, 6) is 0.677. The van der Waals surface area contributed by atoms with Crippen molar-refractivity contribution in [2.75, 3.05) is 6.54 Å². The average molecular weight is 275 g/mol. The van der Waals surface area contributed by atoms with Gasteiger partial charge in [-0.3, -0.25) is 9.89 Å².